The summed E-state index contributed by atoms with van der Waals surface area (Å²) in [7, 11) is 3.19. The summed E-state index contributed by atoms with van der Waals surface area (Å²) in [6.45, 7) is 6.25. The van der Waals surface area contributed by atoms with Gasteiger partial charge >= 0.3 is 0 Å². The molecule has 0 saturated heterocycles. The second-order valence-corrected chi connectivity index (χ2v) is 9.57. The number of methoxy groups -OCH3 is 2. The van der Waals surface area contributed by atoms with Gasteiger partial charge in [0.25, 0.3) is 0 Å². The van der Waals surface area contributed by atoms with Crippen LogP contribution in [0.2, 0.25) is 0 Å². The first-order chi connectivity index (χ1) is 17.8. The van der Waals surface area contributed by atoms with E-state index in [0.29, 0.717) is 30.9 Å². The third kappa shape index (κ3) is 8.10. The van der Waals surface area contributed by atoms with Crippen LogP contribution in [0.5, 0.6) is 11.5 Å². The quantitative estimate of drug-likeness (QED) is 0.374. The van der Waals surface area contributed by atoms with Crippen LogP contribution in [0.25, 0.3) is 0 Å². The Labute approximate surface area is 220 Å². The zero-order valence-corrected chi connectivity index (χ0v) is 22.5. The van der Waals surface area contributed by atoms with Crippen molar-refractivity contribution in [2.75, 3.05) is 14.2 Å². The molecule has 196 valence electrons. The van der Waals surface area contributed by atoms with Gasteiger partial charge in [0.2, 0.25) is 11.8 Å². The molecular weight excluding hydrogens is 464 g/mol. The minimum atomic E-state index is -0.636. The number of amides is 2. The van der Waals surface area contributed by atoms with Gasteiger partial charge in [0.1, 0.15) is 6.04 Å². The predicted molar refractivity (Wildman–Crippen MR) is 147 cm³/mol. The molecule has 0 aliphatic carbocycles. The Morgan fingerprint density at radius 1 is 0.838 bits per heavy atom. The number of benzene rings is 3. The van der Waals surface area contributed by atoms with Crippen molar-refractivity contribution in [3.05, 3.63) is 95.1 Å². The van der Waals surface area contributed by atoms with Crippen molar-refractivity contribution >= 4 is 11.8 Å². The summed E-state index contributed by atoms with van der Waals surface area (Å²) in [6.07, 6.45) is 1.22. The Kier molecular flexibility index (Phi) is 10.1. The number of carbonyl (C=O) groups is 2. The number of aryl methyl sites for hydroxylation is 2. The SMILES string of the molecule is COc1ccc(CCC(=O)N(Cc2cccc(C)c2)[C@H](Cc2ccccc2)C(=O)NC(C)C)cc1OC. The van der Waals surface area contributed by atoms with Gasteiger partial charge in [0.05, 0.1) is 14.2 Å². The average molecular weight is 503 g/mol. The lowest BCUT2D eigenvalue weighted by atomic mass is 10.0. The summed E-state index contributed by atoms with van der Waals surface area (Å²) >= 11 is 0. The molecule has 0 aromatic heterocycles. The maximum Gasteiger partial charge on any atom is 0.243 e. The van der Waals surface area contributed by atoms with E-state index in [9.17, 15) is 9.59 Å². The molecule has 3 rings (SSSR count). The van der Waals surface area contributed by atoms with Crippen LogP contribution in [0, 0.1) is 6.92 Å². The number of nitrogens with zero attached hydrogens (tertiary/aromatic N) is 1. The molecule has 6 heteroatoms. The van der Waals surface area contributed by atoms with E-state index in [2.05, 4.69) is 11.4 Å². The van der Waals surface area contributed by atoms with Crippen molar-refractivity contribution in [2.24, 2.45) is 0 Å². The first-order valence-electron chi connectivity index (χ1n) is 12.7. The van der Waals surface area contributed by atoms with Crippen LogP contribution in [-0.4, -0.2) is 43.0 Å². The molecule has 1 N–H and O–H groups in total. The lowest BCUT2D eigenvalue weighted by Crippen LogP contribution is -2.51. The van der Waals surface area contributed by atoms with E-state index in [1.165, 1.54) is 0 Å². The molecule has 0 bridgehead atoms. The summed E-state index contributed by atoms with van der Waals surface area (Å²) in [5, 5.41) is 3.03. The smallest absolute Gasteiger partial charge is 0.243 e. The van der Waals surface area contributed by atoms with Crippen molar-refractivity contribution < 1.29 is 19.1 Å². The van der Waals surface area contributed by atoms with E-state index in [1.54, 1.807) is 19.1 Å². The van der Waals surface area contributed by atoms with Gasteiger partial charge in [-0.15, -0.1) is 0 Å². The third-order valence-corrected chi connectivity index (χ3v) is 6.21. The number of carbonyl (C=O) groups excluding carboxylic acids is 2. The summed E-state index contributed by atoms with van der Waals surface area (Å²) < 4.78 is 10.8. The Morgan fingerprint density at radius 3 is 2.19 bits per heavy atom. The predicted octanol–water partition coefficient (Wildman–Crippen LogP) is 5.11. The van der Waals surface area contributed by atoms with Gasteiger partial charge in [-0.25, -0.2) is 0 Å². The van der Waals surface area contributed by atoms with E-state index >= 15 is 0 Å². The van der Waals surface area contributed by atoms with E-state index in [-0.39, 0.29) is 24.3 Å². The van der Waals surface area contributed by atoms with E-state index < -0.39 is 6.04 Å². The highest BCUT2D eigenvalue weighted by atomic mass is 16.5. The molecule has 1 atom stereocenters. The lowest BCUT2D eigenvalue weighted by Gasteiger charge is -2.32. The zero-order chi connectivity index (χ0) is 26.8. The van der Waals surface area contributed by atoms with E-state index in [1.807, 2.05) is 87.5 Å². The number of nitrogens with one attached hydrogen (secondary N) is 1. The summed E-state index contributed by atoms with van der Waals surface area (Å²) in [6, 6.07) is 22.9. The van der Waals surface area contributed by atoms with Gasteiger partial charge in [0, 0.05) is 25.4 Å². The average Bonchev–Trinajstić information content (AvgIpc) is 2.89. The summed E-state index contributed by atoms with van der Waals surface area (Å²) in [5.41, 5.74) is 4.08. The number of ether oxygens (including phenoxy) is 2. The van der Waals surface area contributed by atoms with Crippen LogP contribution in [0.15, 0.2) is 72.8 Å². The molecule has 0 unspecified atom stereocenters. The standard InChI is InChI=1S/C31H38N2O4/c1-22(2)32-31(35)27(19-24-11-7-6-8-12-24)33(21-26-13-9-10-23(3)18-26)30(34)17-15-25-14-16-28(36-4)29(20-25)37-5/h6-14,16,18,20,22,27H,15,17,19,21H2,1-5H3,(H,32,35)/t27-/m1/s1. The van der Waals surface area contributed by atoms with Gasteiger partial charge in [-0.3, -0.25) is 9.59 Å². The minimum Gasteiger partial charge on any atom is -0.493 e. The van der Waals surface area contributed by atoms with Crippen LogP contribution >= 0.6 is 0 Å². The molecule has 3 aromatic carbocycles. The molecule has 0 spiro atoms. The van der Waals surface area contributed by atoms with Gasteiger partial charge in [-0.2, -0.15) is 0 Å². The molecule has 0 aliphatic heterocycles. The van der Waals surface area contributed by atoms with Crippen molar-refractivity contribution in [2.45, 2.75) is 58.7 Å². The maximum atomic E-state index is 13.8. The van der Waals surface area contributed by atoms with Crippen molar-refractivity contribution in [3.63, 3.8) is 0 Å². The second-order valence-electron chi connectivity index (χ2n) is 9.57. The van der Waals surface area contributed by atoms with E-state index in [0.717, 1.165) is 22.3 Å². The number of rotatable bonds is 12. The highest BCUT2D eigenvalue weighted by Gasteiger charge is 2.30. The Morgan fingerprint density at radius 2 is 1.54 bits per heavy atom. The fourth-order valence-electron chi connectivity index (χ4n) is 4.37. The molecule has 6 nitrogen and oxygen atoms in total. The highest BCUT2D eigenvalue weighted by Crippen LogP contribution is 2.28. The van der Waals surface area contributed by atoms with Gasteiger partial charge in [-0.1, -0.05) is 66.2 Å². The molecule has 0 radical (unpaired) electrons. The summed E-state index contributed by atoms with van der Waals surface area (Å²) in [4.78, 5) is 29.0. The minimum absolute atomic E-state index is 0.0338. The van der Waals surface area contributed by atoms with Crippen molar-refractivity contribution in [1.82, 2.24) is 10.2 Å². The molecule has 37 heavy (non-hydrogen) atoms. The Hall–Kier alpha value is -3.80. The fourth-order valence-corrected chi connectivity index (χ4v) is 4.37. The van der Waals surface area contributed by atoms with Crippen LogP contribution < -0.4 is 14.8 Å². The van der Waals surface area contributed by atoms with Crippen molar-refractivity contribution in [1.29, 1.82) is 0 Å². The topological polar surface area (TPSA) is 67.9 Å². The maximum absolute atomic E-state index is 13.8. The molecule has 2 amide bonds. The first kappa shape index (κ1) is 27.8. The Bertz CT molecular complexity index is 1180. The molecule has 0 aliphatic rings. The van der Waals surface area contributed by atoms with Crippen LogP contribution in [0.1, 0.15) is 42.5 Å². The lowest BCUT2D eigenvalue weighted by molar-refractivity contribution is -0.141. The number of hydrogen-bond donors (Lipinski definition) is 1. The summed E-state index contributed by atoms with van der Waals surface area (Å²) in [5.74, 6) is 1.05. The molecule has 3 aromatic rings. The van der Waals surface area contributed by atoms with Gasteiger partial charge in [0.15, 0.2) is 11.5 Å². The van der Waals surface area contributed by atoms with Gasteiger partial charge in [-0.05, 0) is 56.0 Å². The number of hydrogen-bond acceptors (Lipinski definition) is 4. The fraction of sp³-hybridized carbons (Fsp3) is 0.355. The molecule has 0 saturated carbocycles. The Balaban J connectivity index is 1.90. The van der Waals surface area contributed by atoms with Gasteiger partial charge < -0.3 is 19.7 Å². The second kappa shape index (κ2) is 13.5. The third-order valence-electron chi connectivity index (χ3n) is 6.21. The molecule has 0 heterocycles. The van der Waals surface area contributed by atoms with E-state index in [4.69, 9.17) is 9.47 Å². The first-order valence-corrected chi connectivity index (χ1v) is 12.7. The largest absolute Gasteiger partial charge is 0.493 e. The van der Waals surface area contributed by atoms with Crippen LogP contribution in [0.3, 0.4) is 0 Å². The molecular formula is C31H38N2O4. The van der Waals surface area contributed by atoms with Crippen LogP contribution in [0.4, 0.5) is 0 Å². The van der Waals surface area contributed by atoms with Crippen LogP contribution in [-0.2, 0) is 29.0 Å². The molecule has 0 fully saturated rings. The van der Waals surface area contributed by atoms with Crippen molar-refractivity contribution in [3.8, 4) is 11.5 Å². The zero-order valence-electron chi connectivity index (χ0n) is 22.5. The monoisotopic (exact) mass is 502 g/mol. The normalized spacial score (nSPS) is 11.6. The highest BCUT2D eigenvalue weighted by molar-refractivity contribution is 5.88.